The van der Waals surface area contributed by atoms with Crippen LogP contribution in [-0.4, -0.2) is 36.2 Å². The molecule has 1 saturated heterocycles. The fourth-order valence-corrected chi connectivity index (χ4v) is 3.63. The van der Waals surface area contributed by atoms with Gasteiger partial charge in [0, 0.05) is 19.1 Å². The van der Waals surface area contributed by atoms with Gasteiger partial charge in [-0.3, -0.25) is 4.98 Å². The molecule has 2 heterocycles. The summed E-state index contributed by atoms with van der Waals surface area (Å²) in [7, 11) is 1.47. The predicted molar refractivity (Wildman–Crippen MR) is 113 cm³/mol. The van der Waals surface area contributed by atoms with Crippen LogP contribution in [0.3, 0.4) is 0 Å². The molecule has 0 spiro atoms. The molecular weight excluding hydrogens is 388 g/mol. The van der Waals surface area contributed by atoms with Crippen molar-refractivity contribution in [3.8, 4) is 17.0 Å². The highest BCUT2D eigenvalue weighted by Crippen LogP contribution is 2.34. The summed E-state index contributed by atoms with van der Waals surface area (Å²) in [5.41, 5.74) is 7.97. The van der Waals surface area contributed by atoms with Crippen molar-refractivity contribution >= 4 is 17.2 Å². The van der Waals surface area contributed by atoms with Crippen LogP contribution in [0.4, 0.5) is 26.0 Å². The predicted octanol–water partition coefficient (Wildman–Crippen LogP) is 4.10. The number of rotatable bonds is 5. The lowest BCUT2D eigenvalue weighted by molar-refractivity contribution is 0.413. The molecule has 30 heavy (non-hydrogen) atoms. The van der Waals surface area contributed by atoms with Crippen LogP contribution in [0.5, 0.6) is 5.75 Å². The molecule has 1 aliphatic heterocycles. The molecule has 0 aliphatic carbocycles. The minimum atomic E-state index is -0.461. The van der Waals surface area contributed by atoms with Gasteiger partial charge in [0.05, 0.1) is 42.1 Å². The van der Waals surface area contributed by atoms with E-state index in [1.54, 1.807) is 18.2 Å². The topological polar surface area (TPSA) is 76.3 Å². The maximum atomic E-state index is 14.4. The second-order valence-electron chi connectivity index (χ2n) is 7.22. The molecule has 0 atom stereocenters. The van der Waals surface area contributed by atoms with Gasteiger partial charge in [0.2, 0.25) is 0 Å². The number of benzene rings is 2. The van der Waals surface area contributed by atoms with Crippen LogP contribution in [0.2, 0.25) is 0 Å². The lowest BCUT2D eigenvalue weighted by Gasteiger charge is -2.33. The first-order chi connectivity index (χ1) is 14.5. The van der Waals surface area contributed by atoms with Crippen molar-refractivity contribution in [3.05, 3.63) is 60.4 Å². The van der Waals surface area contributed by atoms with Crippen LogP contribution in [0.25, 0.3) is 11.3 Å². The fourth-order valence-electron chi connectivity index (χ4n) is 3.63. The van der Waals surface area contributed by atoms with Gasteiger partial charge in [0.15, 0.2) is 0 Å². The second kappa shape index (κ2) is 8.62. The van der Waals surface area contributed by atoms with Crippen LogP contribution in [0.1, 0.15) is 12.8 Å². The van der Waals surface area contributed by atoms with Crippen molar-refractivity contribution in [2.75, 3.05) is 30.4 Å². The van der Waals surface area contributed by atoms with E-state index in [4.69, 9.17) is 10.5 Å². The van der Waals surface area contributed by atoms with Gasteiger partial charge in [-0.15, -0.1) is 0 Å². The Balaban J connectivity index is 1.66. The average molecular weight is 411 g/mol. The molecule has 3 N–H and O–H groups in total. The average Bonchev–Trinajstić information content (AvgIpc) is 2.74. The Morgan fingerprint density at radius 3 is 2.70 bits per heavy atom. The third kappa shape index (κ3) is 4.18. The van der Waals surface area contributed by atoms with E-state index in [1.165, 1.54) is 37.7 Å². The number of aromatic nitrogens is 2. The Morgan fingerprint density at radius 2 is 1.93 bits per heavy atom. The molecule has 0 radical (unpaired) electrons. The van der Waals surface area contributed by atoms with E-state index in [0.717, 1.165) is 31.6 Å². The van der Waals surface area contributed by atoms with Crippen molar-refractivity contribution in [2.24, 2.45) is 5.73 Å². The number of nitrogens with zero attached hydrogens (tertiary/aromatic N) is 3. The minimum Gasteiger partial charge on any atom is -0.496 e. The normalized spacial score (nSPS) is 14.6. The van der Waals surface area contributed by atoms with E-state index in [9.17, 15) is 8.78 Å². The summed E-state index contributed by atoms with van der Waals surface area (Å²) in [4.78, 5) is 10.8. The van der Waals surface area contributed by atoms with Crippen LogP contribution < -0.4 is 20.7 Å². The summed E-state index contributed by atoms with van der Waals surface area (Å²) in [6.45, 7) is 1.58. The van der Waals surface area contributed by atoms with Gasteiger partial charge in [-0.2, -0.15) is 0 Å². The summed E-state index contributed by atoms with van der Waals surface area (Å²) in [5.74, 6) is -0.0948. The number of methoxy groups -OCH3 is 1. The lowest BCUT2D eigenvalue weighted by atomic mass is 10.0. The monoisotopic (exact) mass is 411 g/mol. The maximum absolute atomic E-state index is 14.4. The first kappa shape index (κ1) is 20.0. The number of anilines is 3. The molecule has 1 aromatic heterocycles. The Morgan fingerprint density at radius 1 is 1.13 bits per heavy atom. The third-order valence-electron chi connectivity index (χ3n) is 5.19. The molecule has 1 aliphatic rings. The SMILES string of the molecule is COc1cccc(F)c1-c1cncc(Nc2cc(F)ccc2N2CCC(N)CC2)n1. The second-order valence-corrected chi connectivity index (χ2v) is 7.22. The van der Waals surface area contributed by atoms with Crippen LogP contribution in [-0.2, 0) is 0 Å². The molecular formula is C22H23F2N5O. The number of piperidine rings is 1. The van der Waals surface area contributed by atoms with Crippen LogP contribution in [0.15, 0.2) is 48.8 Å². The van der Waals surface area contributed by atoms with E-state index in [0.29, 0.717) is 22.9 Å². The van der Waals surface area contributed by atoms with Gasteiger partial charge in [-0.1, -0.05) is 6.07 Å². The van der Waals surface area contributed by atoms with Gasteiger partial charge in [0.25, 0.3) is 0 Å². The summed E-state index contributed by atoms with van der Waals surface area (Å²) in [5, 5.41) is 3.14. The number of nitrogens with one attached hydrogen (secondary N) is 1. The van der Waals surface area contributed by atoms with Crippen molar-refractivity contribution in [1.82, 2.24) is 9.97 Å². The zero-order valence-electron chi connectivity index (χ0n) is 16.6. The molecule has 6 nitrogen and oxygen atoms in total. The smallest absolute Gasteiger partial charge is 0.149 e. The van der Waals surface area contributed by atoms with E-state index < -0.39 is 5.82 Å². The Hall–Kier alpha value is -3.26. The van der Waals surface area contributed by atoms with Gasteiger partial charge in [-0.25, -0.2) is 13.8 Å². The molecule has 156 valence electrons. The van der Waals surface area contributed by atoms with Gasteiger partial charge < -0.3 is 20.7 Å². The van der Waals surface area contributed by atoms with Crippen LogP contribution >= 0.6 is 0 Å². The van der Waals surface area contributed by atoms with E-state index in [2.05, 4.69) is 20.2 Å². The van der Waals surface area contributed by atoms with Crippen molar-refractivity contribution < 1.29 is 13.5 Å². The van der Waals surface area contributed by atoms with E-state index in [-0.39, 0.29) is 17.4 Å². The highest BCUT2D eigenvalue weighted by atomic mass is 19.1. The number of ether oxygens (including phenoxy) is 1. The van der Waals surface area contributed by atoms with E-state index >= 15 is 0 Å². The number of nitrogens with two attached hydrogens (primary N) is 1. The van der Waals surface area contributed by atoms with Crippen molar-refractivity contribution in [3.63, 3.8) is 0 Å². The number of halogens is 2. The first-order valence-corrected chi connectivity index (χ1v) is 9.77. The molecule has 2 aromatic carbocycles. The summed E-state index contributed by atoms with van der Waals surface area (Å²) >= 11 is 0. The zero-order valence-corrected chi connectivity index (χ0v) is 16.6. The molecule has 0 bridgehead atoms. The molecule has 1 fully saturated rings. The Kier molecular flexibility index (Phi) is 5.76. The maximum Gasteiger partial charge on any atom is 0.149 e. The molecule has 0 amide bonds. The van der Waals surface area contributed by atoms with Crippen molar-refractivity contribution in [1.29, 1.82) is 0 Å². The molecule has 0 unspecified atom stereocenters. The minimum absolute atomic E-state index is 0.191. The number of hydrogen-bond donors (Lipinski definition) is 2. The van der Waals surface area contributed by atoms with Gasteiger partial charge in [-0.05, 0) is 43.2 Å². The Bertz CT molecular complexity index is 1040. The highest BCUT2D eigenvalue weighted by molar-refractivity contribution is 5.75. The zero-order chi connectivity index (χ0) is 21.1. The fraction of sp³-hybridized carbons (Fsp3) is 0.273. The summed E-state index contributed by atoms with van der Waals surface area (Å²) in [6.07, 6.45) is 4.72. The quantitative estimate of drug-likeness (QED) is 0.658. The van der Waals surface area contributed by atoms with Crippen LogP contribution in [0, 0.1) is 11.6 Å². The standard InChI is InChI=1S/C22H23F2N5O/c1-30-20-4-2-3-16(24)22(20)18-12-26-13-21(28-18)27-17-11-14(23)5-6-19(17)29-9-7-15(25)8-10-29/h2-6,11-13,15H,7-10,25H2,1H3,(H,27,28). The first-order valence-electron chi connectivity index (χ1n) is 9.77. The van der Waals surface area contributed by atoms with Gasteiger partial charge >= 0.3 is 0 Å². The summed E-state index contributed by atoms with van der Waals surface area (Å²) < 4.78 is 33.7. The van der Waals surface area contributed by atoms with Gasteiger partial charge in [0.1, 0.15) is 23.2 Å². The third-order valence-corrected chi connectivity index (χ3v) is 5.19. The molecule has 3 aromatic rings. The Labute approximate surface area is 173 Å². The number of hydrogen-bond acceptors (Lipinski definition) is 6. The largest absolute Gasteiger partial charge is 0.496 e. The molecule has 8 heteroatoms. The highest BCUT2D eigenvalue weighted by Gasteiger charge is 2.20. The van der Waals surface area contributed by atoms with E-state index in [1.807, 2.05) is 0 Å². The van der Waals surface area contributed by atoms with Crippen molar-refractivity contribution in [2.45, 2.75) is 18.9 Å². The molecule has 4 rings (SSSR count). The lowest BCUT2D eigenvalue weighted by Crippen LogP contribution is -2.39. The summed E-state index contributed by atoms with van der Waals surface area (Å²) in [6, 6.07) is 9.35. The molecule has 0 saturated carbocycles.